The lowest BCUT2D eigenvalue weighted by Crippen LogP contribution is -2.18. The zero-order valence-electron chi connectivity index (χ0n) is 15.1. The first-order chi connectivity index (χ1) is 11.0. The van der Waals surface area contributed by atoms with Gasteiger partial charge in [0, 0.05) is 12.2 Å². The Morgan fingerprint density at radius 2 is 1.74 bits per heavy atom. The van der Waals surface area contributed by atoms with Crippen molar-refractivity contribution < 1.29 is 0 Å². The Balaban J connectivity index is 1.50. The molecular weight excluding hydrogens is 280 g/mol. The van der Waals surface area contributed by atoms with E-state index in [1.165, 1.54) is 43.4 Å². The molecule has 0 saturated heterocycles. The Bertz CT molecular complexity index is 505. The van der Waals surface area contributed by atoms with Crippen LogP contribution in [0.2, 0.25) is 0 Å². The lowest BCUT2D eigenvalue weighted by molar-refractivity contribution is 0.436. The predicted octanol–water partition coefficient (Wildman–Crippen LogP) is 4.80. The molecule has 1 aromatic carbocycles. The summed E-state index contributed by atoms with van der Waals surface area (Å²) in [4.78, 5) is 0. The molecule has 0 aromatic heterocycles. The molecule has 2 fully saturated rings. The van der Waals surface area contributed by atoms with Crippen LogP contribution in [0.25, 0.3) is 0 Å². The maximum absolute atomic E-state index is 5.79. The van der Waals surface area contributed by atoms with Crippen LogP contribution in [0, 0.1) is 23.7 Å². The van der Waals surface area contributed by atoms with Crippen molar-refractivity contribution >= 4 is 5.69 Å². The van der Waals surface area contributed by atoms with E-state index in [-0.39, 0.29) is 0 Å². The second-order valence-corrected chi connectivity index (χ2v) is 8.80. The third kappa shape index (κ3) is 4.29. The summed E-state index contributed by atoms with van der Waals surface area (Å²) in [6, 6.07) is 9.19. The predicted molar refractivity (Wildman–Crippen MR) is 99.7 cm³/mol. The number of nitrogens with one attached hydrogen (secondary N) is 1. The van der Waals surface area contributed by atoms with Gasteiger partial charge in [-0.25, -0.2) is 0 Å². The van der Waals surface area contributed by atoms with E-state index in [0.29, 0.717) is 5.41 Å². The highest BCUT2D eigenvalue weighted by atomic mass is 14.9. The van der Waals surface area contributed by atoms with Crippen molar-refractivity contribution in [3.63, 3.8) is 0 Å². The first kappa shape index (κ1) is 16.8. The molecule has 2 aliphatic carbocycles. The Labute approximate surface area is 142 Å². The number of hydrogen-bond acceptors (Lipinski definition) is 2. The highest BCUT2D eigenvalue weighted by Gasteiger charge is 2.37. The van der Waals surface area contributed by atoms with Crippen LogP contribution in [0.4, 0.5) is 5.69 Å². The minimum Gasteiger partial charge on any atom is -0.385 e. The molecule has 0 amide bonds. The van der Waals surface area contributed by atoms with Crippen LogP contribution in [0.15, 0.2) is 24.3 Å². The van der Waals surface area contributed by atoms with E-state index in [1.54, 1.807) is 0 Å². The fourth-order valence-corrected chi connectivity index (χ4v) is 4.34. The minimum absolute atomic E-state index is 0.299. The molecule has 0 heterocycles. The summed E-state index contributed by atoms with van der Waals surface area (Å²) in [7, 11) is 0. The van der Waals surface area contributed by atoms with E-state index in [9.17, 15) is 0 Å². The largest absolute Gasteiger partial charge is 0.385 e. The van der Waals surface area contributed by atoms with Crippen LogP contribution in [0.5, 0.6) is 0 Å². The Hall–Kier alpha value is -1.02. The third-order valence-electron chi connectivity index (χ3n) is 6.29. The molecule has 23 heavy (non-hydrogen) atoms. The van der Waals surface area contributed by atoms with Crippen LogP contribution in [0.3, 0.4) is 0 Å². The third-order valence-corrected chi connectivity index (χ3v) is 6.29. The van der Waals surface area contributed by atoms with Crippen LogP contribution in [-0.2, 0) is 5.41 Å². The monoisotopic (exact) mass is 314 g/mol. The molecule has 2 heteroatoms. The summed E-state index contributed by atoms with van der Waals surface area (Å²) in [5.74, 6) is 3.45. The standard InChI is InChI=1S/C21H34N2/c1-15-10-18(15)12-21(2,3)19-6-8-20(9-7-19)23-14-17-5-4-16(11-17)13-22/h6-9,15-18,23H,4-5,10-14,22H2,1-3H3. The summed E-state index contributed by atoms with van der Waals surface area (Å²) < 4.78 is 0. The van der Waals surface area contributed by atoms with Gasteiger partial charge in [-0.05, 0) is 85.4 Å². The Kier molecular flexibility index (Phi) is 5.01. The zero-order valence-corrected chi connectivity index (χ0v) is 15.1. The minimum atomic E-state index is 0.299. The van der Waals surface area contributed by atoms with E-state index in [2.05, 4.69) is 50.4 Å². The topological polar surface area (TPSA) is 38.0 Å². The quantitative estimate of drug-likeness (QED) is 0.759. The van der Waals surface area contributed by atoms with Gasteiger partial charge in [0.2, 0.25) is 0 Å². The summed E-state index contributed by atoms with van der Waals surface area (Å²) in [6.45, 7) is 9.13. The fourth-order valence-electron chi connectivity index (χ4n) is 4.34. The van der Waals surface area contributed by atoms with E-state index in [0.717, 1.165) is 36.8 Å². The molecule has 1 aromatic rings. The van der Waals surface area contributed by atoms with Crippen molar-refractivity contribution in [3.05, 3.63) is 29.8 Å². The molecule has 128 valence electrons. The van der Waals surface area contributed by atoms with Crippen molar-refractivity contribution in [3.8, 4) is 0 Å². The molecule has 4 unspecified atom stereocenters. The maximum Gasteiger partial charge on any atom is 0.0340 e. The molecular formula is C21H34N2. The van der Waals surface area contributed by atoms with Crippen molar-refractivity contribution in [2.24, 2.45) is 29.4 Å². The Morgan fingerprint density at radius 3 is 2.30 bits per heavy atom. The van der Waals surface area contributed by atoms with Gasteiger partial charge in [0.1, 0.15) is 0 Å². The lowest BCUT2D eigenvalue weighted by atomic mass is 9.79. The van der Waals surface area contributed by atoms with Crippen molar-refractivity contribution in [1.29, 1.82) is 0 Å². The van der Waals surface area contributed by atoms with E-state index < -0.39 is 0 Å². The molecule has 0 bridgehead atoms. The van der Waals surface area contributed by atoms with E-state index >= 15 is 0 Å². The molecule has 0 spiro atoms. The second kappa shape index (κ2) is 6.84. The number of nitrogens with two attached hydrogens (primary N) is 1. The van der Waals surface area contributed by atoms with Crippen LogP contribution in [0.1, 0.15) is 58.4 Å². The smallest absolute Gasteiger partial charge is 0.0340 e. The molecule has 2 aliphatic rings. The molecule has 4 atom stereocenters. The van der Waals surface area contributed by atoms with Gasteiger partial charge in [-0.15, -0.1) is 0 Å². The van der Waals surface area contributed by atoms with Crippen molar-refractivity contribution in [1.82, 2.24) is 0 Å². The fraction of sp³-hybridized carbons (Fsp3) is 0.714. The Morgan fingerprint density at radius 1 is 1.09 bits per heavy atom. The molecule has 3 rings (SSSR count). The average Bonchev–Trinajstić information content (AvgIpc) is 3.03. The molecule has 2 saturated carbocycles. The molecule has 2 nitrogen and oxygen atoms in total. The summed E-state index contributed by atoms with van der Waals surface area (Å²) in [6.07, 6.45) is 6.70. The van der Waals surface area contributed by atoms with E-state index in [1.807, 2.05) is 0 Å². The van der Waals surface area contributed by atoms with Gasteiger partial charge in [-0.2, -0.15) is 0 Å². The number of rotatable bonds is 7. The summed E-state index contributed by atoms with van der Waals surface area (Å²) in [5, 5.41) is 3.63. The maximum atomic E-state index is 5.79. The van der Waals surface area contributed by atoms with E-state index in [4.69, 9.17) is 5.73 Å². The van der Waals surface area contributed by atoms with Gasteiger partial charge >= 0.3 is 0 Å². The number of hydrogen-bond donors (Lipinski definition) is 2. The SMILES string of the molecule is CC1CC1CC(C)(C)c1ccc(NCC2CCC(CN)C2)cc1. The zero-order chi connectivity index (χ0) is 16.4. The molecule has 3 N–H and O–H groups in total. The second-order valence-electron chi connectivity index (χ2n) is 8.80. The van der Waals surface area contributed by atoms with Crippen molar-refractivity contribution in [2.75, 3.05) is 18.4 Å². The van der Waals surface area contributed by atoms with Gasteiger partial charge < -0.3 is 11.1 Å². The first-order valence-electron chi connectivity index (χ1n) is 9.52. The van der Waals surface area contributed by atoms with Crippen LogP contribution in [-0.4, -0.2) is 13.1 Å². The summed E-state index contributed by atoms with van der Waals surface area (Å²) >= 11 is 0. The average molecular weight is 315 g/mol. The van der Waals surface area contributed by atoms with Crippen molar-refractivity contribution in [2.45, 2.75) is 58.3 Å². The summed E-state index contributed by atoms with van der Waals surface area (Å²) in [5.41, 5.74) is 8.83. The lowest BCUT2D eigenvalue weighted by Gasteiger charge is -2.26. The number of benzene rings is 1. The molecule has 0 aliphatic heterocycles. The van der Waals surface area contributed by atoms with Gasteiger partial charge in [-0.1, -0.05) is 32.9 Å². The number of anilines is 1. The van der Waals surface area contributed by atoms with Crippen LogP contribution < -0.4 is 11.1 Å². The van der Waals surface area contributed by atoms with Gasteiger partial charge in [-0.3, -0.25) is 0 Å². The highest BCUT2D eigenvalue weighted by Crippen LogP contribution is 2.46. The molecule has 0 radical (unpaired) electrons. The van der Waals surface area contributed by atoms with Gasteiger partial charge in [0.05, 0.1) is 0 Å². The van der Waals surface area contributed by atoms with Gasteiger partial charge in [0.25, 0.3) is 0 Å². The highest BCUT2D eigenvalue weighted by molar-refractivity contribution is 5.46. The normalized spacial score (nSPS) is 30.4. The van der Waals surface area contributed by atoms with Crippen LogP contribution >= 0.6 is 0 Å². The first-order valence-corrected chi connectivity index (χ1v) is 9.52. The van der Waals surface area contributed by atoms with Gasteiger partial charge in [0.15, 0.2) is 0 Å².